The van der Waals surface area contributed by atoms with E-state index < -0.39 is 30.1 Å². The summed E-state index contributed by atoms with van der Waals surface area (Å²) in [6.07, 6.45) is -1.96. The van der Waals surface area contributed by atoms with E-state index in [2.05, 4.69) is 0 Å². The van der Waals surface area contributed by atoms with Crippen molar-refractivity contribution in [2.75, 3.05) is 13.9 Å². The number of para-hydroxylation sites is 1. The Morgan fingerprint density at radius 2 is 2.00 bits per heavy atom. The first kappa shape index (κ1) is 18.4. The van der Waals surface area contributed by atoms with Crippen molar-refractivity contribution in [3.63, 3.8) is 0 Å². The molecule has 0 heterocycles. The lowest BCUT2D eigenvalue weighted by Crippen LogP contribution is -2.38. The van der Waals surface area contributed by atoms with Gasteiger partial charge in [0.25, 0.3) is 0 Å². The summed E-state index contributed by atoms with van der Waals surface area (Å²) in [5, 5.41) is 19.3. The number of esters is 1. The number of aliphatic hydroxyl groups is 2. The molecule has 2 N–H and O–H groups in total. The highest BCUT2D eigenvalue weighted by Gasteiger charge is 2.31. The fourth-order valence-corrected chi connectivity index (χ4v) is 2.57. The number of hydrogen-bond acceptors (Lipinski definition) is 7. The van der Waals surface area contributed by atoms with Crippen LogP contribution in [0.15, 0.2) is 24.3 Å². The lowest BCUT2D eigenvalue weighted by molar-refractivity contribution is -0.136. The molecule has 0 amide bonds. The molecule has 7 nitrogen and oxygen atoms in total. The fourth-order valence-electron chi connectivity index (χ4n) is 2.57. The Balaban J connectivity index is 2.04. The van der Waals surface area contributed by atoms with Gasteiger partial charge in [-0.05, 0) is 31.4 Å². The van der Waals surface area contributed by atoms with Gasteiger partial charge in [-0.3, -0.25) is 4.79 Å². The second-order valence-electron chi connectivity index (χ2n) is 5.69. The average Bonchev–Trinajstić information content (AvgIpc) is 2.58. The molecule has 3 atom stereocenters. The minimum absolute atomic E-state index is 0.00368. The fraction of sp³-hybridized carbons (Fsp3) is 0.529. The van der Waals surface area contributed by atoms with Crippen LogP contribution in [0.1, 0.15) is 36.0 Å². The molecule has 0 radical (unpaired) electrons. The first-order valence-electron chi connectivity index (χ1n) is 7.83. The summed E-state index contributed by atoms with van der Waals surface area (Å²) >= 11 is 0. The number of hydrogen-bond donors (Lipinski definition) is 2. The molecule has 7 heteroatoms. The lowest BCUT2D eigenvalue weighted by Gasteiger charge is -2.25. The number of ether oxygens (including phenoxy) is 3. The molecule has 132 valence electrons. The Morgan fingerprint density at radius 3 is 2.75 bits per heavy atom. The van der Waals surface area contributed by atoms with E-state index in [1.54, 1.807) is 24.3 Å². The zero-order valence-electron chi connectivity index (χ0n) is 13.5. The number of methoxy groups -OCH3 is 1. The molecule has 0 bridgehead atoms. The molecule has 1 saturated carbocycles. The standard InChI is InChI=1S/C17H22O7/c1-22-10-23-15-8-3-2-6-12(15)17(21)24-11-5-4-7-13(18)16(20)14(19)9-11/h2-3,6,8,11,13,16,18,20H,4-5,7,9-10H2,1H3. The molecule has 1 aromatic carbocycles. The van der Waals surface area contributed by atoms with Crippen LogP contribution in [-0.4, -0.2) is 54.2 Å². The number of benzene rings is 1. The molecule has 0 aromatic heterocycles. The molecule has 24 heavy (non-hydrogen) atoms. The summed E-state index contributed by atoms with van der Waals surface area (Å²) in [5.74, 6) is -0.795. The third-order valence-electron chi connectivity index (χ3n) is 3.86. The van der Waals surface area contributed by atoms with E-state index in [9.17, 15) is 19.8 Å². The Bertz CT molecular complexity index is 572. The number of aliphatic hydroxyl groups excluding tert-OH is 2. The molecule has 2 rings (SSSR count). The normalized spacial score (nSPS) is 24.8. The van der Waals surface area contributed by atoms with Crippen LogP contribution in [0.4, 0.5) is 0 Å². The first-order valence-corrected chi connectivity index (χ1v) is 7.83. The van der Waals surface area contributed by atoms with Crippen molar-refractivity contribution >= 4 is 11.8 Å². The van der Waals surface area contributed by atoms with Crippen LogP contribution < -0.4 is 4.74 Å². The molecular formula is C17H22O7. The second kappa shape index (κ2) is 8.77. The summed E-state index contributed by atoms with van der Waals surface area (Å²) in [5.41, 5.74) is 0.240. The van der Waals surface area contributed by atoms with Crippen LogP contribution in [-0.2, 0) is 14.3 Å². The maximum Gasteiger partial charge on any atom is 0.342 e. The Hall–Kier alpha value is -1.96. The Labute approximate surface area is 140 Å². The molecule has 0 saturated heterocycles. The first-order chi connectivity index (χ1) is 11.5. The number of carbonyl (C=O) groups excluding carboxylic acids is 2. The average molecular weight is 338 g/mol. The van der Waals surface area contributed by atoms with E-state index in [4.69, 9.17) is 14.2 Å². The van der Waals surface area contributed by atoms with Gasteiger partial charge in [0.05, 0.1) is 6.10 Å². The second-order valence-corrected chi connectivity index (χ2v) is 5.69. The van der Waals surface area contributed by atoms with Gasteiger partial charge < -0.3 is 24.4 Å². The van der Waals surface area contributed by atoms with E-state index in [-0.39, 0.29) is 25.2 Å². The van der Waals surface area contributed by atoms with Gasteiger partial charge in [-0.25, -0.2) is 4.79 Å². The highest BCUT2D eigenvalue weighted by atomic mass is 16.7. The quantitative estimate of drug-likeness (QED) is 0.611. The minimum Gasteiger partial charge on any atom is -0.467 e. The summed E-state index contributed by atoms with van der Waals surface area (Å²) < 4.78 is 15.6. The van der Waals surface area contributed by atoms with Gasteiger partial charge >= 0.3 is 5.97 Å². The smallest absolute Gasteiger partial charge is 0.342 e. The molecular weight excluding hydrogens is 316 g/mol. The van der Waals surface area contributed by atoms with Crippen LogP contribution in [0.2, 0.25) is 0 Å². The highest BCUT2D eigenvalue weighted by Crippen LogP contribution is 2.23. The monoisotopic (exact) mass is 338 g/mol. The molecule has 1 fully saturated rings. The molecule has 1 aliphatic rings. The third kappa shape index (κ3) is 4.77. The molecule has 0 spiro atoms. The maximum absolute atomic E-state index is 12.4. The van der Waals surface area contributed by atoms with Crippen molar-refractivity contribution in [3.8, 4) is 5.75 Å². The van der Waals surface area contributed by atoms with E-state index in [0.717, 1.165) is 0 Å². The zero-order chi connectivity index (χ0) is 17.5. The van der Waals surface area contributed by atoms with Crippen molar-refractivity contribution in [1.82, 2.24) is 0 Å². The minimum atomic E-state index is -1.43. The van der Waals surface area contributed by atoms with Gasteiger partial charge in [0.15, 0.2) is 12.6 Å². The van der Waals surface area contributed by atoms with Crippen LogP contribution in [0.25, 0.3) is 0 Å². The Kier molecular flexibility index (Phi) is 6.72. The van der Waals surface area contributed by atoms with Crippen molar-refractivity contribution in [1.29, 1.82) is 0 Å². The van der Waals surface area contributed by atoms with Crippen molar-refractivity contribution in [2.24, 2.45) is 0 Å². The molecule has 3 unspecified atom stereocenters. The maximum atomic E-state index is 12.4. The number of carbonyl (C=O) groups is 2. The third-order valence-corrected chi connectivity index (χ3v) is 3.86. The van der Waals surface area contributed by atoms with Crippen LogP contribution in [0, 0.1) is 0 Å². The lowest BCUT2D eigenvalue weighted by atomic mass is 9.93. The van der Waals surface area contributed by atoms with Gasteiger partial charge in [-0.15, -0.1) is 0 Å². The van der Waals surface area contributed by atoms with E-state index in [1.165, 1.54) is 7.11 Å². The molecule has 1 aromatic rings. The van der Waals surface area contributed by atoms with Gasteiger partial charge in [-0.2, -0.15) is 0 Å². The number of rotatable bonds is 5. The Morgan fingerprint density at radius 1 is 1.25 bits per heavy atom. The van der Waals surface area contributed by atoms with Crippen molar-refractivity contribution < 1.29 is 34.0 Å². The van der Waals surface area contributed by atoms with Crippen molar-refractivity contribution in [2.45, 2.75) is 44.0 Å². The van der Waals surface area contributed by atoms with Crippen LogP contribution >= 0.6 is 0 Å². The molecule has 1 aliphatic carbocycles. The summed E-state index contributed by atoms with van der Waals surface area (Å²) in [4.78, 5) is 24.3. The topological polar surface area (TPSA) is 102 Å². The summed E-state index contributed by atoms with van der Waals surface area (Å²) in [6.45, 7) is -0.00368. The highest BCUT2D eigenvalue weighted by molar-refractivity contribution is 5.93. The predicted octanol–water partition coefficient (Wildman–Crippen LogP) is 1.06. The van der Waals surface area contributed by atoms with E-state index in [0.29, 0.717) is 18.6 Å². The van der Waals surface area contributed by atoms with Gasteiger partial charge in [-0.1, -0.05) is 12.1 Å². The van der Waals surface area contributed by atoms with E-state index >= 15 is 0 Å². The summed E-state index contributed by atoms with van der Waals surface area (Å²) in [7, 11) is 1.47. The summed E-state index contributed by atoms with van der Waals surface area (Å²) in [6, 6.07) is 6.59. The number of ketones is 1. The van der Waals surface area contributed by atoms with Gasteiger partial charge in [0.1, 0.15) is 23.5 Å². The largest absolute Gasteiger partial charge is 0.467 e. The van der Waals surface area contributed by atoms with E-state index in [1.807, 2.05) is 0 Å². The SMILES string of the molecule is COCOc1ccccc1C(=O)OC1CCCC(O)C(O)C(=O)C1. The zero-order valence-corrected chi connectivity index (χ0v) is 13.5. The van der Waals surface area contributed by atoms with Crippen LogP contribution in [0.5, 0.6) is 5.75 Å². The van der Waals surface area contributed by atoms with Gasteiger partial charge in [0.2, 0.25) is 0 Å². The van der Waals surface area contributed by atoms with Crippen molar-refractivity contribution in [3.05, 3.63) is 29.8 Å². The van der Waals surface area contributed by atoms with Gasteiger partial charge in [0, 0.05) is 13.5 Å². The molecule has 0 aliphatic heterocycles. The number of Topliss-reactive ketones (excluding diaryl/α,β-unsaturated/α-hetero) is 1. The predicted molar refractivity (Wildman–Crippen MR) is 83.6 cm³/mol. The van der Waals surface area contributed by atoms with Crippen LogP contribution in [0.3, 0.4) is 0 Å².